The summed E-state index contributed by atoms with van der Waals surface area (Å²) in [5, 5.41) is 6.01. The Kier molecular flexibility index (Phi) is 5.99. The van der Waals surface area contributed by atoms with Crippen molar-refractivity contribution >= 4 is 11.7 Å². The number of carbonyl (C=O) groups excluding carboxylic acids is 1. The Morgan fingerprint density at radius 3 is 2.94 bits per heavy atom. The monoisotopic (exact) mass is 221 g/mol. The molecule has 1 aromatic rings. The van der Waals surface area contributed by atoms with Crippen LogP contribution in [0, 0.1) is 0 Å². The van der Waals surface area contributed by atoms with Crippen LogP contribution in [0.25, 0.3) is 0 Å². The van der Waals surface area contributed by atoms with E-state index in [-0.39, 0.29) is 5.91 Å². The average molecular weight is 221 g/mol. The van der Waals surface area contributed by atoms with Gasteiger partial charge < -0.3 is 10.6 Å². The Morgan fingerprint density at radius 1 is 1.38 bits per heavy atom. The molecule has 0 aliphatic heterocycles. The van der Waals surface area contributed by atoms with E-state index >= 15 is 0 Å². The smallest absolute Gasteiger partial charge is 0.220 e. The molecule has 1 amide bonds. The van der Waals surface area contributed by atoms with Gasteiger partial charge >= 0.3 is 0 Å². The fraction of sp³-hybridized carbons (Fsp3) is 0.500. The quantitative estimate of drug-likeness (QED) is 0.690. The highest BCUT2D eigenvalue weighted by Gasteiger charge is 1.99. The van der Waals surface area contributed by atoms with Gasteiger partial charge in [0.15, 0.2) is 0 Å². The first-order valence-corrected chi connectivity index (χ1v) is 5.74. The lowest BCUT2D eigenvalue weighted by atomic mass is 10.3. The molecule has 0 unspecified atom stereocenters. The van der Waals surface area contributed by atoms with Crippen molar-refractivity contribution in [3.8, 4) is 0 Å². The molecule has 0 aromatic carbocycles. The molecule has 4 heteroatoms. The van der Waals surface area contributed by atoms with E-state index < -0.39 is 0 Å². The van der Waals surface area contributed by atoms with Gasteiger partial charge in [-0.3, -0.25) is 4.79 Å². The van der Waals surface area contributed by atoms with Gasteiger partial charge in [-0.1, -0.05) is 13.0 Å². The number of hydrogen-bond acceptors (Lipinski definition) is 3. The Bertz CT molecular complexity index is 300. The van der Waals surface area contributed by atoms with E-state index in [4.69, 9.17) is 0 Å². The minimum Gasteiger partial charge on any atom is -0.370 e. The van der Waals surface area contributed by atoms with Gasteiger partial charge in [0.05, 0.1) is 0 Å². The first kappa shape index (κ1) is 12.5. The van der Waals surface area contributed by atoms with Gasteiger partial charge in [-0.05, 0) is 25.0 Å². The lowest BCUT2D eigenvalue weighted by Crippen LogP contribution is -2.24. The van der Waals surface area contributed by atoms with Crippen molar-refractivity contribution in [1.82, 2.24) is 10.3 Å². The van der Waals surface area contributed by atoms with Gasteiger partial charge in [0, 0.05) is 25.7 Å². The van der Waals surface area contributed by atoms with Crippen LogP contribution in [0.2, 0.25) is 0 Å². The largest absolute Gasteiger partial charge is 0.370 e. The van der Waals surface area contributed by atoms with Gasteiger partial charge in [0.2, 0.25) is 5.91 Å². The minimum absolute atomic E-state index is 0.129. The van der Waals surface area contributed by atoms with E-state index in [0.717, 1.165) is 31.7 Å². The Balaban J connectivity index is 2.06. The maximum absolute atomic E-state index is 11.3. The van der Waals surface area contributed by atoms with Crippen LogP contribution in [0.1, 0.15) is 26.2 Å². The maximum Gasteiger partial charge on any atom is 0.220 e. The fourth-order valence-corrected chi connectivity index (χ4v) is 1.29. The third kappa shape index (κ3) is 5.34. The molecule has 1 rings (SSSR count). The van der Waals surface area contributed by atoms with Crippen molar-refractivity contribution in [1.29, 1.82) is 0 Å². The number of anilines is 1. The third-order valence-electron chi connectivity index (χ3n) is 2.12. The normalized spacial score (nSPS) is 9.81. The van der Waals surface area contributed by atoms with Gasteiger partial charge in [-0.25, -0.2) is 4.98 Å². The first-order chi connectivity index (χ1) is 7.83. The van der Waals surface area contributed by atoms with E-state index in [1.54, 1.807) is 6.20 Å². The van der Waals surface area contributed by atoms with Crippen LogP contribution in [-0.2, 0) is 4.79 Å². The van der Waals surface area contributed by atoms with Gasteiger partial charge in [-0.15, -0.1) is 0 Å². The molecule has 0 saturated carbocycles. The molecule has 4 nitrogen and oxygen atoms in total. The first-order valence-electron chi connectivity index (χ1n) is 5.74. The standard InChI is InChI=1S/C12H19N3O/c1-2-8-15-12(16)7-5-10-14-11-6-3-4-9-13-11/h3-4,6,9H,2,5,7-8,10H2,1H3,(H,13,14)(H,15,16). The molecule has 0 aliphatic rings. The number of aromatic nitrogens is 1. The second-order valence-corrected chi connectivity index (χ2v) is 3.60. The van der Waals surface area contributed by atoms with E-state index in [9.17, 15) is 4.79 Å². The summed E-state index contributed by atoms with van der Waals surface area (Å²) in [6, 6.07) is 5.73. The van der Waals surface area contributed by atoms with Crippen LogP contribution >= 0.6 is 0 Å². The van der Waals surface area contributed by atoms with Crippen LogP contribution in [0.5, 0.6) is 0 Å². The summed E-state index contributed by atoms with van der Waals surface area (Å²) in [6.45, 7) is 3.59. The molecular weight excluding hydrogens is 202 g/mol. The van der Waals surface area contributed by atoms with Gasteiger partial charge in [-0.2, -0.15) is 0 Å². The molecular formula is C12H19N3O. The molecule has 88 valence electrons. The average Bonchev–Trinajstić information content (AvgIpc) is 2.33. The minimum atomic E-state index is 0.129. The summed E-state index contributed by atoms with van der Waals surface area (Å²) in [6.07, 6.45) is 4.13. The van der Waals surface area contributed by atoms with Crippen molar-refractivity contribution in [3.63, 3.8) is 0 Å². The van der Waals surface area contributed by atoms with Crippen LogP contribution in [0.15, 0.2) is 24.4 Å². The summed E-state index contributed by atoms with van der Waals surface area (Å²) >= 11 is 0. The Labute approximate surface area is 96.5 Å². The van der Waals surface area contributed by atoms with Crippen molar-refractivity contribution in [2.45, 2.75) is 26.2 Å². The lowest BCUT2D eigenvalue weighted by Gasteiger charge is -2.05. The number of pyridine rings is 1. The lowest BCUT2D eigenvalue weighted by molar-refractivity contribution is -0.121. The molecule has 1 heterocycles. The number of amides is 1. The zero-order valence-electron chi connectivity index (χ0n) is 9.70. The molecule has 0 saturated heterocycles. The zero-order valence-corrected chi connectivity index (χ0v) is 9.70. The summed E-state index contributed by atoms with van der Waals surface area (Å²) < 4.78 is 0. The molecule has 0 aliphatic carbocycles. The zero-order chi connectivity index (χ0) is 11.6. The van der Waals surface area contributed by atoms with Gasteiger partial charge in [0.1, 0.15) is 5.82 Å². The molecule has 0 radical (unpaired) electrons. The second-order valence-electron chi connectivity index (χ2n) is 3.60. The van der Waals surface area contributed by atoms with Crippen LogP contribution < -0.4 is 10.6 Å². The van der Waals surface area contributed by atoms with E-state index in [0.29, 0.717) is 6.42 Å². The molecule has 0 bridgehead atoms. The predicted octanol–water partition coefficient (Wildman–Crippen LogP) is 1.80. The Morgan fingerprint density at radius 2 is 2.25 bits per heavy atom. The summed E-state index contributed by atoms with van der Waals surface area (Å²) in [5.74, 6) is 0.987. The molecule has 0 spiro atoms. The fourth-order valence-electron chi connectivity index (χ4n) is 1.29. The summed E-state index contributed by atoms with van der Waals surface area (Å²) in [4.78, 5) is 15.4. The highest BCUT2D eigenvalue weighted by Crippen LogP contribution is 2.00. The predicted molar refractivity (Wildman–Crippen MR) is 65.3 cm³/mol. The molecule has 0 atom stereocenters. The highest BCUT2D eigenvalue weighted by atomic mass is 16.1. The van der Waals surface area contributed by atoms with Crippen molar-refractivity contribution in [2.75, 3.05) is 18.4 Å². The van der Waals surface area contributed by atoms with Crippen LogP contribution in [0.3, 0.4) is 0 Å². The van der Waals surface area contributed by atoms with Crippen molar-refractivity contribution < 1.29 is 4.79 Å². The topological polar surface area (TPSA) is 54.0 Å². The summed E-state index contributed by atoms with van der Waals surface area (Å²) in [7, 11) is 0. The Hall–Kier alpha value is -1.58. The van der Waals surface area contributed by atoms with Gasteiger partial charge in [0.25, 0.3) is 0 Å². The van der Waals surface area contributed by atoms with E-state index in [1.165, 1.54) is 0 Å². The number of nitrogens with one attached hydrogen (secondary N) is 2. The second kappa shape index (κ2) is 7.68. The molecule has 16 heavy (non-hydrogen) atoms. The number of nitrogens with zero attached hydrogens (tertiary/aromatic N) is 1. The SMILES string of the molecule is CCCNC(=O)CCCNc1ccccn1. The highest BCUT2D eigenvalue weighted by molar-refractivity contribution is 5.75. The number of rotatable bonds is 7. The van der Waals surface area contributed by atoms with Crippen LogP contribution in [-0.4, -0.2) is 24.0 Å². The molecule has 1 aromatic heterocycles. The third-order valence-corrected chi connectivity index (χ3v) is 2.12. The number of carbonyl (C=O) groups is 1. The van der Waals surface area contributed by atoms with Crippen LogP contribution in [0.4, 0.5) is 5.82 Å². The van der Waals surface area contributed by atoms with Crippen molar-refractivity contribution in [3.05, 3.63) is 24.4 Å². The van der Waals surface area contributed by atoms with Crippen molar-refractivity contribution in [2.24, 2.45) is 0 Å². The number of hydrogen-bond donors (Lipinski definition) is 2. The molecule has 0 fully saturated rings. The molecule has 2 N–H and O–H groups in total. The van der Waals surface area contributed by atoms with E-state index in [2.05, 4.69) is 15.6 Å². The summed E-state index contributed by atoms with van der Waals surface area (Å²) in [5.41, 5.74) is 0. The van der Waals surface area contributed by atoms with E-state index in [1.807, 2.05) is 25.1 Å². The maximum atomic E-state index is 11.3.